The summed E-state index contributed by atoms with van der Waals surface area (Å²) in [7, 11) is 0. The van der Waals surface area contributed by atoms with Crippen LogP contribution in [0, 0.1) is 18.3 Å². The summed E-state index contributed by atoms with van der Waals surface area (Å²) in [5.41, 5.74) is 3.95. The van der Waals surface area contributed by atoms with E-state index in [1.807, 2.05) is 29.9 Å². The van der Waals surface area contributed by atoms with Crippen LogP contribution < -0.4 is 10.1 Å². The molecule has 1 atom stereocenters. The molecule has 5 heterocycles. The molecule has 5 rings (SSSR count). The summed E-state index contributed by atoms with van der Waals surface area (Å²) in [6, 6.07) is 9.72. The van der Waals surface area contributed by atoms with E-state index in [0.29, 0.717) is 28.6 Å². The van der Waals surface area contributed by atoms with Gasteiger partial charge in [-0.1, -0.05) is 11.3 Å². The van der Waals surface area contributed by atoms with E-state index < -0.39 is 6.10 Å². The number of rotatable bonds is 6. The lowest BCUT2D eigenvalue weighted by molar-refractivity contribution is 0.114. The first-order valence-corrected chi connectivity index (χ1v) is 10.9. The molecular weight excluding hydrogens is 420 g/mol. The predicted molar refractivity (Wildman–Crippen MR) is 119 cm³/mol. The maximum absolute atomic E-state index is 9.98. The Morgan fingerprint density at radius 1 is 1.33 bits per heavy atom. The molecular formula is C23H24N8O2. The van der Waals surface area contributed by atoms with Gasteiger partial charge in [-0.2, -0.15) is 10.4 Å². The first kappa shape index (κ1) is 21.1. The summed E-state index contributed by atoms with van der Waals surface area (Å²) in [5, 5.41) is 36.2. The molecule has 168 valence electrons. The van der Waals surface area contributed by atoms with E-state index in [-0.39, 0.29) is 6.61 Å². The number of fused-ring (bicyclic) bond motifs is 1. The van der Waals surface area contributed by atoms with Gasteiger partial charge in [-0.05, 0) is 51.1 Å². The van der Waals surface area contributed by atoms with Crippen LogP contribution in [0.2, 0.25) is 0 Å². The molecule has 2 N–H and O–H groups in total. The second-order valence-electron chi connectivity index (χ2n) is 8.05. The van der Waals surface area contributed by atoms with Crippen LogP contribution in [0.1, 0.15) is 41.9 Å². The Morgan fingerprint density at radius 3 is 2.91 bits per heavy atom. The molecule has 1 saturated heterocycles. The lowest BCUT2D eigenvalue weighted by atomic mass is 10.1. The number of aliphatic hydroxyl groups excluding tert-OH is 1. The van der Waals surface area contributed by atoms with Crippen LogP contribution in [0.25, 0.3) is 16.8 Å². The smallest absolute Gasteiger partial charge is 0.163 e. The minimum Gasteiger partial charge on any atom is -0.479 e. The number of aliphatic hydroxyl groups is 1. The van der Waals surface area contributed by atoms with Crippen molar-refractivity contribution in [3.8, 4) is 23.1 Å². The number of aromatic nitrogens is 6. The Hall–Kier alpha value is -3.81. The molecule has 4 aromatic rings. The fourth-order valence-electron chi connectivity index (χ4n) is 4.30. The summed E-state index contributed by atoms with van der Waals surface area (Å²) >= 11 is 0. The lowest BCUT2D eigenvalue weighted by Crippen LogP contribution is -2.30. The van der Waals surface area contributed by atoms with Crippen molar-refractivity contribution in [3.05, 3.63) is 59.8 Å². The van der Waals surface area contributed by atoms with Crippen LogP contribution in [-0.2, 0) is 0 Å². The van der Waals surface area contributed by atoms with Crippen molar-refractivity contribution in [1.82, 2.24) is 34.9 Å². The van der Waals surface area contributed by atoms with E-state index in [0.717, 1.165) is 42.9 Å². The molecule has 1 aliphatic heterocycles. The number of pyridine rings is 2. The van der Waals surface area contributed by atoms with E-state index in [1.54, 1.807) is 22.8 Å². The Bertz CT molecular complexity index is 1300. The maximum atomic E-state index is 9.98. The van der Waals surface area contributed by atoms with Gasteiger partial charge in [0.1, 0.15) is 28.6 Å². The monoisotopic (exact) mass is 444 g/mol. The summed E-state index contributed by atoms with van der Waals surface area (Å²) in [6.45, 7) is 3.66. The lowest BCUT2D eigenvalue weighted by Gasteiger charge is -2.23. The van der Waals surface area contributed by atoms with Crippen molar-refractivity contribution < 1.29 is 9.84 Å². The third-order valence-corrected chi connectivity index (χ3v) is 6.01. The van der Waals surface area contributed by atoms with Gasteiger partial charge in [-0.3, -0.25) is 4.98 Å². The van der Waals surface area contributed by atoms with Gasteiger partial charge in [0.25, 0.3) is 0 Å². The molecule has 0 aromatic carbocycles. The average Bonchev–Trinajstić information content (AvgIpc) is 3.46. The van der Waals surface area contributed by atoms with Crippen LogP contribution in [-0.4, -0.2) is 54.4 Å². The van der Waals surface area contributed by atoms with E-state index in [9.17, 15) is 10.4 Å². The zero-order valence-corrected chi connectivity index (χ0v) is 18.2. The van der Waals surface area contributed by atoms with Crippen LogP contribution in [0.3, 0.4) is 0 Å². The standard InChI is InChI=1S/C23H24N8O2/c1-15-22(28-29-31(15)18-5-8-25-9-6-18)16-10-20(23-17(11-24)12-27-30(23)13-16)33-21(14-32)19-4-2-3-7-26-19/h2-4,7,10,12-13,18,21,25,32H,5-6,8-9,14H2,1H3. The zero-order chi connectivity index (χ0) is 22.8. The summed E-state index contributed by atoms with van der Waals surface area (Å²) in [6.07, 6.45) is 6.28. The van der Waals surface area contributed by atoms with E-state index in [1.165, 1.54) is 6.20 Å². The van der Waals surface area contributed by atoms with Crippen molar-refractivity contribution in [2.24, 2.45) is 0 Å². The molecule has 1 aliphatic rings. The van der Waals surface area contributed by atoms with Gasteiger partial charge in [0.2, 0.25) is 0 Å². The molecule has 1 fully saturated rings. The van der Waals surface area contributed by atoms with Crippen molar-refractivity contribution in [2.75, 3.05) is 19.7 Å². The van der Waals surface area contributed by atoms with Crippen molar-refractivity contribution in [2.45, 2.75) is 31.9 Å². The van der Waals surface area contributed by atoms with Gasteiger partial charge >= 0.3 is 0 Å². The number of ether oxygens (including phenoxy) is 1. The highest BCUT2D eigenvalue weighted by molar-refractivity contribution is 5.74. The Balaban J connectivity index is 1.58. The number of piperidine rings is 1. The van der Waals surface area contributed by atoms with Crippen LogP contribution in [0.15, 0.2) is 42.9 Å². The third-order valence-electron chi connectivity index (χ3n) is 6.01. The molecule has 0 saturated carbocycles. The highest BCUT2D eigenvalue weighted by Crippen LogP contribution is 2.34. The number of nitrogens with zero attached hydrogens (tertiary/aromatic N) is 7. The zero-order valence-electron chi connectivity index (χ0n) is 18.2. The third kappa shape index (κ3) is 3.92. The minimum absolute atomic E-state index is 0.269. The number of nitriles is 1. The Kier molecular flexibility index (Phi) is 5.73. The first-order valence-electron chi connectivity index (χ1n) is 10.9. The molecule has 1 unspecified atom stereocenters. The minimum atomic E-state index is -0.696. The quantitative estimate of drug-likeness (QED) is 0.464. The molecule has 10 nitrogen and oxygen atoms in total. The van der Waals surface area contributed by atoms with Gasteiger partial charge in [-0.15, -0.1) is 5.10 Å². The highest BCUT2D eigenvalue weighted by atomic mass is 16.5. The van der Waals surface area contributed by atoms with Crippen molar-refractivity contribution in [1.29, 1.82) is 5.26 Å². The molecule has 10 heteroatoms. The summed E-state index contributed by atoms with van der Waals surface area (Å²) < 4.78 is 9.81. The van der Waals surface area contributed by atoms with Crippen molar-refractivity contribution in [3.63, 3.8) is 0 Å². The second kappa shape index (κ2) is 8.97. The second-order valence-corrected chi connectivity index (χ2v) is 8.05. The Labute approximate surface area is 190 Å². The topological polar surface area (TPSA) is 126 Å². The van der Waals surface area contributed by atoms with Crippen LogP contribution in [0.5, 0.6) is 5.75 Å². The highest BCUT2D eigenvalue weighted by Gasteiger charge is 2.23. The average molecular weight is 444 g/mol. The van der Waals surface area contributed by atoms with E-state index >= 15 is 0 Å². The molecule has 4 aromatic heterocycles. The number of hydrogen-bond donors (Lipinski definition) is 2. The number of hydrogen-bond acceptors (Lipinski definition) is 8. The Morgan fingerprint density at radius 2 is 2.18 bits per heavy atom. The van der Waals surface area contributed by atoms with E-state index in [2.05, 4.69) is 31.8 Å². The predicted octanol–water partition coefficient (Wildman–Crippen LogP) is 2.20. The molecule has 0 amide bonds. The van der Waals surface area contributed by atoms with E-state index in [4.69, 9.17) is 4.74 Å². The largest absolute Gasteiger partial charge is 0.479 e. The molecule has 0 aliphatic carbocycles. The van der Waals surface area contributed by atoms with Crippen LogP contribution in [0.4, 0.5) is 0 Å². The SMILES string of the molecule is Cc1c(-c2cc(OC(CO)c3ccccn3)c3c(C#N)cnn3c2)nnn1C1CCNCC1. The first-order chi connectivity index (χ1) is 16.2. The fraction of sp³-hybridized carbons (Fsp3) is 0.348. The number of nitrogens with one attached hydrogen (secondary N) is 1. The van der Waals surface area contributed by atoms with Crippen LogP contribution >= 0.6 is 0 Å². The molecule has 0 spiro atoms. The molecule has 33 heavy (non-hydrogen) atoms. The van der Waals surface area contributed by atoms with Gasteiger partial charge in [0.15, 0.2) is 6.10 Å². The summed E-state index contributed by atoms with van der Waals surface area (Å²) in [5.74, 6) is 0.419. The fourth-order valence-corrected chi connectivity index (χ4v) is 4.30. The van der Waals surface area contributed by atoms with Gasteiger partial charge in [-0.25, -0.2) is 9.20 Å². The normalized spacial score (nSPS) is 15.4. The van der Waals surface area contributed by atoms with Gasteiger partial charge < -0.3 is 15.2 Å². The van der Waals surface area contributed by atoms with Gasteiger partial charge in [0, 0.05) is 18.0 Å². The van der Waals surface area contributed by atoms with Crippen molar-refractivity contribution >= 4 is 5.52 Å². The summed E-state index contributed by atoms with van der Waals surface area (Å²) in [4.78, 5) is 4.30. The van der Waals surface area contributed by atoms with Gasteiger partial charge in [0.05, 0.1) is 30.2 Å². The maximum Gasteiger partial charge on any atom is 0.163 e. The molecule has 0 bridgehead atoms. The molecule has 0 radical (unpaired) electrons.